The second kappa shape index (κ2) is 7.76. The fourth-order valence-electron chi connectivity index (χ4n) is 2.24. The van der Waals surface area contributed by atoms with Gasteiger partial charge in [-0.3, -0.25) is 10.1 Å². The molecule has 2 aromatic carbocycles. The standard InChI is InChI=1S/C18H17N3O3S/c1-3-24-13-10-8-12(9-11-13)16(22)19-18-21-20-17(25-18)14-6-4-5-7-15(14)23-2/h4-11H,3H2,1-2H3,(H,19,21,22). The van der Waals surface area contributed by atoms with Gasteiger partial charge in [0, 0.05) is 5.56 Å². The highest BCUT2D eigenvalue weighted by Crippen LogP contribution is 2.33. The Morgan fingerprint density at radius 2 is 1.88 bits per heavy atom. The molecule has 0 aliphatic rings. The van der Waals surface area contributed by atoms with Crippen molar-refractivity contribution in [1.29, 1.82) is 0 Å². The minimum atomic E-state index is -0.245. The number of nitrogens with zero attached hydrogens (tertiary/aromatic N) is 2. The van der Waals surface area contributed by atoms with E-state index >= 15 is 0 Å². The van der Waals surface area contributed by atoms with Gasteiger partial charge in [-0.25, -0.2) is 0 Å². The minimum Gasteiger partial charge on any atom is -0.496 e. The number of anilines is 1. The highest BCUT2D eigenvalue weighted by molar-refractivity contribution is 7.18. The summed E-state index contributed by atoms with van der Waals surface area (Å²) in [5.74, 6) is 1.20. The smallest absolute Gasteiger partial charge is 0.257 e. The maximum Gasteiger partial charge on any atom is 0.257 e. The Kier molecular flexibility index (Phi) is 5.25. The number of hydrogen-bond donors (Lipinski definition) is 1. The van der Waals surface area contributed by atoms with Crippen LogP contribution in [-0.2, 0) is 0 Å². The Labute approximate surface area is 149 Å². The first-order valence-corrected chi connectivity index (χ1v) is 8.54. The van der Waals surface area contributed by atoms with Crippen LogP contribution in [0.4, 0.5) is 5.13 Å². The zero-order chi connectivity index (χ0) is 17.6. The normalized spacial score (nSPS) is 10.3. The number of benzene rings is 2. The molecule has 0 bridgehead atoms. The largest absolute Gasteiger partial charge is 0.496 e. The summed E-state index contributed by atoms with van der Waals surface area (Å²) in [4.78, 5) is 12.3. The molecule has 0 fully saturated rings. The van der Waals surface area contributed by atoms with E-state index in [9.17, 15) is 4.79 Å². The van der Waals surface area contributed by atoms with E-state index in [0.717, 1.165) is 11.3 Å². The molecule has 0 saturated heterocycles. The molecule has 3 rings (SSSR count). The van der Waals surface area contributed by atoms with E-state index in [4.69, 9.17) is 9.47 Å². The first kappa shape index (κ1) is 16.9. The summed E-state index contributed by atoms with van der Waals surface area (Å²) in [6.45, 7) is 2.50. The summed E-state index contributed by atoms with van der Waals surface area (Å²) >= 11 is 1.29. The van der Waals surface area contributed by atoms with Crippen LogP contribution < -0.4 is 14.8 Å². The van der Waals surface area contributed by atoms with Crippen molar-refractivity contribution < 1.29 is 14.3 Å². The number of hydrogen-bond acceptors (Lipinski definition) is 6. The summed E-state index contributed by atoms with van der Waals surface area (Å²) in [5, 5.41) is 12.0. The lowest BCUT2D eigenvalue weighted by atomic mass is 10.2. The van der Waals surface area contributed by atoms with Crippen LogP contribution in [0.25, 0.3) is 10.6 Å². The number of nitrogens with one attached hydrogen (secondary N) is 1. The number of carbonyl (C=O) groups excluding carboxylic acids is 1. The third-order valence-electron chi connectivity index (χ3n) is 3.41. The van der Waals surface area contributed by atoms with Gasteiger partial charge < -0.3 is 9.47 Å². The molecule has 1 amide bonds. The molecular formula is C18H17N3O3S. The van der Waals surface area contributed by atoms with Gasteiger partial charge in [0.15, 0.2) is 5.01 Å². The van der Waals surface area contributed by atoms with Crippen molar-refractivity contribution in [2.45, 2.75) is 6.92 Å². The Morgan fingerprint density at radius 3 is 2.60 bits per heavy atom. The summed E-state index contributed by atoms with van der Waals surface area (Å²) < 4.78 is 10.7. The molecule has 1 aromatic heterocycles. The first-order valence-electron chi connectivity index (χ1n) is 7.72. The molecule has 7 heteroatoms. The first-order chi connectivity index (χ1) is 12.2. The highest BCUT2D eigenvalue weighted by atomic mass is 32.1. The topological polar surface area (TPSA) is 73.3 Å². The quantitative estimate of drug-likeness (QED) is 0.727. The number of ether oxygens (including phenoxy) is 2. The molecule has 1 N–H and O–H groups in total. The van der Waals surface area contributed by atoms with Gasteiger partial charge in [-0.15, -0.1) is 10.2 Å². The SMILES string of the molecule is CCOc1ccc(C(=O)Nc2nnc(-c3ccccc3OC)s2)cc1. The number of amides is 1. The fraction of sp³-hybridized carbons (Fsp3) is 0.167. The maximum absolute atomic E-state index is 12.3. The Balaban J connectivity index is 1.73. The molecule has 128 valence electrons. The average molecular weight is 355 g/mol. The summed E-state index contributed by atoms with van der Waals surface area (Å²) in [6, 6.07) is 14.5. The third kappa shape index (κ3) is 3.95. The van der Waals surface area contributed by atoms with Crippen molar-refractivity contribution in [3.05, 3.63) is 54.1 Å². The molecule has 1 heterocycles. The van der Waals surface area contributed by atoms with Crippen LogP contribution >= 0.6 is 11.3 Å². The van der Waals surface area contributed by atoms with E-state index in [-0.39, 0.29) is 5.91 Å². The summed E-state index contributed by atoms with van der Waals surface area (Å²) in [7, 11) is 1.61. The van der Waals surface area contributed by atoms with Crippen molar-refractivity contribution >= 4 is 22.4 Å². The van der Waals surface area contributed by atoms with Crippen LogP contribution in [0.1, 0.15) is 17.3 Å². The van der Waals surface area contributed by atoms with Gasteiger partial charge in [0.2, 0.25) is 5.13 Å². The van der Waals surface area contributed by atoms with E-state index in [1.807, 2.05) is 31.2 Å². The zero-order valence-corrected chi connectivity index (χ0v) is 14.7. The molecule has 0 atom stereocenters. The highest BCUT2D eigenvalue weighted by Gasteiger charge is 2.14. The van der Waals surface area contributed by atoms with Gasteiger partial charge in [0.25, 0.3) is 5.91 Å². The van der Waals surface area contributed by atoms with Gasteiger partial charge >= 0.3 is 0 Å². The van der Waals surface area contributed by atoms with Gasteiger partial charge in [-0.2, -0.15) is 0 Å². The van der Waals surface area contributed by atoms with E-state index < -0.39 is 0 Å². The predicted molar refractivity (Wildman–Crippen MR) is 97.5 cm³/mol. The van der Waals surface area contributed by atoms with Crippen LogP contribution in [0.15, 0.2) is 48.5 Å². The molecule has 0 aliphatic heterocycles. The van der Waals surface area contributed by atoms with Crippen LogP contribution in [0.2, 0.25) is 0 Å². The molecule has 0 spiro atoms. The van der Waals surface area contributed by atoms with E-state index in [2.05, 4.69) is 15.5 Å². The fourth-order valence-corrected chi connectivity index (χ4v) is 3.01. The lowest BCUT2D eigenvalue weighted by Crippen LogP contribution is -2.11. The summed E-state index contributed by atoms with van der Waals surface area (Å²) in [6.07, 6.45) is 0. The van der Waals surface area contributed by atoms with Gasteiger partial charge in [0.1, 0.15) is 11.5 Å². The molecule has 3 aromatic rings. The van der Waals surface area contributed by atoms with Crippen LogP contribution in [0.3, 0.4) is 0 Å². The number of methoxy groups -OCH3 is 1. The Bertz CT molecular complexity index is 862. The van der Waals surface area contributed by atoms with Gasteiger partial charge in [-0.1, -0.05) is 23.5 Å². The van der Waals surface area contributed by atoms with Crippen molar-refractivity contribution in [2.75, 3.05) is 19.0 Å². The summed E-state index contributed by atoms with van der Waals surface area (Å²) in [5.41, 5.74) is 1.36. The predicted octanol–water partition coefficient (Wildman–Crippen LogP) is 3.86. The number of para-hydroxylation sites is 1. The second-order valence-electron chi connectivity index (χ2n) is 5.02. The van der Waals surface area contributed by atoms with E-state index in [1.54, 1.807) is 31.4 Å². The van der Waals surface area contributed by atoms with Crippen molar-refractivity contribution in [1.82, 2.24) is 10.2 Å². The molecule has 6 nitrogen and oxygen atoms in total. The van der Waals surface area contributed by atoms with Crippen molar-refractivity contribution in [2.24, 2.45) is 0 Å². The lowest BCUT2D eigenvalue weighted by Gasteiger charge is -2.05. The average Bonchev–Trinajstić information content (AvgIpc) is 3.11. The van der Waals surface area contributed by atoms with Crippen LogP contribution in [-0.4, -0.2) is 29.8 Å². The zero-order valence-electron chi connectivity index (χ0n) is 13.9. The monoisotopic (exact) mass is 355 g/mol. The molecule has 0 saturated carbocycles. The minimum absolute atomic E-state index is 0.245. The lowest BCUT2D eigenvalue weighted by molar-refractivity contribution is 0.102. The number of rotatable bonds is 6. The molecule has 25 heavy (non-hydrogen) atoms. The molecule has 0 unspecified atom stereocenters. The van der Waals surface area contributed by atoms with Crippen molar-refractivity contribution in [3.8, 4) is 22.1 Å². The Hall–Kier alpha value is -2.93. The van der Waals surface area contributed by atoms with Crippen LogP contribution in [0, 0.1) is 0 Å². The number of aromatic nitrogens is 2. The van der Waals surface area contributed by atoms with E-state index in [1.165, 1.54) is 11.3 Å². The number of carbonyl (C=O) groups is 1. The molecular weight excluding hydrogens is 338 g/mol. The van der Waals surface area contributed by atoms with Crippen LogP contribution in [0.5, 0.6) is 11.5 Å². The third-order valence-corrected chi connectivity index (χ3v) is 4.28. The van der Waals surface area contributed by atoms with E-state index in [0.29, 0.717) is 28.1 Å². The second-order valence-corrected chi connectivity index (χ2v) is 6.00. The Morgan fingerprint density at radius 1 is 1.12 bits per heavy atom. The molecule has 0 radical (unpaired) electrons. The van der Waals surface area contributed by atoms with Crippen molar-refractivity contribution in [3.63, 3.8) is 0 Å². The van der Waals surface area contributed by atoms with Gasteiger partial charge in [0.05, 0.1) is 19.3 Å². The molecule has 0 aliphatic carbocycles. The maximum atomic E-state index is 12.3. The van der Waals surface area contributed by atoms with Gasteiger partial charge in [-0.05, 0) is 43.3 Å².